The molecule has 0 saturated heterocycles. The summed E-state index contributed by atoms with van der Waals surface area (Å²) in [7, 11) is 1.90. The van der Waals surface area contributed by atoms with Crippen molar-refractivity contribution in [2.24, 2.45) is 4.99 Å². The van der Waals surface area contributed by atoms with Crippen LogP contribution in [0.15, 0.2) is 59.6 Å². The van der Waals surface area contributed by atoms with Crippen LogP contribution < -0.4 is 4.90 Å². The highest BCUT2D eigenvalue weighted by Crippen LogP contribution is 2.26. The number of para-hydroxylation sites is 1. The molecular formula is C16H16N2O. The van der Waals surface area contributed by atoms with Crippen molar-refractivity contribution in [3.05, 3.63) is 65.7 Å². The van der Waals surface area contributed by atoms with E-state index in [2.05, 4.69) is 11.1 Å². The average Bonchev–Trinajstić information content (AvgIpc) is 2.59. The van der Waals surface area contributed by atoms with Gasteiger partial charge in [0.15, 0.2) is 0 Å². The number of hydrogen-bond acceptors (Lipinski definition) is 3. The van der Waals surface area contributed by atoms with E-state index in [1.54, 1.807) is 0 Å². The zero-order valence-electron chi connectivity index (χ0n) is 10.8. The van der Waals surface area contributed by atoms with Crippen molar-refractivity contribution in [2.75, 3.05) is 18.5 Å². The van der Waals surface area contributed by atoms with Crippen LogP contribution in [0.5, 0.6) is 0 Å². The molecule has 0 bridgehead atoms. The van der Waals surface area contributed by atoms with Crippen LogP contribution in [0, 0.1) is 0 Å². The Morgan fingerprint density at radius 1 is 1.05 bits per heavy atom. The van der Waals surface area contributed by atoms with Gasteiger partial charge in [-0.1, -0.05) is 48.5 Å². The lowest BCUT2D eigenvalue weighted by Crippen LogP contribution is -2.33. The zero-order chi connectivity index (χ0) is 13.2. The third-order valence-corrected chi connectivity index (χ3v) is 3.45. The van der Waals surface area contributed by atoms with E-state index in [9.17, 15) is 5.11 Å². The van der Waals surface area contributed by atoms with Gasteiger partial charge in [-0.15, -0.1) is 0 Å². The Labute approximate surface area is 112 Å². The van der Waals surface area contributed by atoms with E-state index >= 15 is 0 Å². The predicted molar refractivity (Wildman–Crippen MR) is 77.8 cm³/mol. The zero-order valence-corrected chi connectivity index (χ0v) is 10.8. The lowest BCUT2D eigenvalue weighted by Gasteiger charge is -2.24. The molecule has 0 radical (unpaired) electrons. The number of fused-ring (bicyclic) bond motifs is 1. The fourth-order valence-corrected chi connectivity index (χ4v) is 2.37. The van der Waals surface area contributed by atoms with Gasteiger partial charge in [0.2, 0.25) is 0 Å². The van der Waals surface area contributed by atoms with E-state index in [1.807, 2.05) is 60.5 Å². The Morgan fingerprint density at radius 2 is 1.74 bits per heavy atom. The highest BCUT2D eigenvalue weighted by Gasteiger charge is 2.21. The highest BCUT2D eigenvalue weighted by atomic mass is 16.3. The molecule has 1 aliphatic heterocycles. The van der Waals surface area contributed by atoms with Crippen LogP contribution in [-0.2, 0) is 0 Å². The molecule has 0 fully saturated rings. The molecule has 1 aliphatic rings. The monoisotopic (exact) mass is 252 g/mol. The van der Waals surface area contributed by atoms with Crippen LogP contribution in [0.1, 0.15) is 11.1 Å². The summed E-state index contributed by atoms with van der Waals surface area (Å²) in [5, 5.41) is 10.1. The van der Waals surface area contributed by atoms with Crippen molar-refractivity contribution in [2.45, 2.75) is 6.23 Å². The summed E-state index contributed by atoms with van der Waals surface area (Å²) >= 11 is 0. The van der Waals surface area contributed by atoms with Crippen molar-refractivity contribution < 1.29 is 5.11 Å². The van der Waals surface area contributed by atoms with E-state index in [1.165, 1.54) is 0 Å². The molecule has 1 atom stereocenters. The minimum absolute atomic E-state index is 0.384. The van der Waals surface area contributed by atoms with Gasteiger partial charge in [-0.2, -0.15) is 0 Å². The lowest BCUT2D eigenvalue weighted by atomic mass is 10.0. The predicted octanol–water partition coefficient (Wildman–Crippen LogP) is 2.29. The molecule has 2 aromatic carbocycles. The summed E-state index contributed by atoms with van der Waals surface area (Å²) < 4.78 is 0. The number of rotatable bonds is 1. The van der Waals surface area contributed by atoms with Gasteiger partial charge in [-0.3, -0.25) is 4.99 Å². The number of nitrogens with zero attached hydrogens (tertiary/aromatic N) is 2. The summed E-state index contributed by atoms with van der Waals surface area (Å²) in [6, 6.07) is 18.2. The molecule has 3 nitrogen and oxygen atoms in total. The summed E-state index contributed by atoms with van der Waals surface area (Å²) in [6.07, 6.45) is -0.581. The summed E-state index contributed by atoms with van der Waals surface area (Å²) in [6.45, 7) is 0.384. The second-order valence-electron chi connectivity index (χ2n) is 4.66. The first-order valence-electron chi connectivity index (χ1n) is 6.37. The van der Waals surface area contributed by atoms with Crippen LogP contribution in [0.4, 0.5) is 5.69 Å². The third-order valence-electron chi connectivity index (χ3n) is 3.45. The maximum Gasteiger partial charge on any atom is 0.146 e. The minimum Gasteiger partial charge on any atom is -0.372 e. The van der Waals surface area contributed by atoms with Crippen LogP contribution in [-0.4, -0.2) is 30.6 Å². The molecule has 1 unspecified atom stereocenters. The Balaban J connectivity index is 2.17. The number of likely N-dealkylation sites (N-methyl/N-ethyl adjacent to an activating group) is 1. The number of aliphatic imine (C=N–C) groups is 1. The number of benzene rings is 2. The van der Waals surface area contributed by atoms with Crippen molar-refractivity contribution in [1.29, 1.82) is 0 Å². The van der Waals surface area contributed by atoms with E-state index in [4.69, 9.17) is 0 Å². The molecule has 2 aromatic rings. The molecule has 0 amide bonds. The molecule has 0 saturated carbocycles. The minimum atomic E-state index is -0.581. The van der Waals surface area contributed by atoms with Gasteiger partial charge in [0.1, 0.15) is 6.23 Å². The summed E-state index contributed by atoms with van der Waals surface area (Å²) in [4.78, 5) is 6.46. The van der Waals surface area contributed by atoms with Crippen LogP contribution in [0.3, 0.4) is 0 Å². The number of aliphatic hydroxyl groups is 1. The van der Waals surface area contributed by atoms with Gasteiger partial charge in [0.05, 0.1) is 12.3 Å². The van der Waals surface area contributed by atoms with E-state index in [-0.39, 0.29) is 0 Å². The Bertz CT molecular complexity index is 607. The van der Waals surface area contributed by atoms with Crippen molar-refractivity contribution in [1.82, 2.24) is 0 Å². The van der Waals surface area contributed by atoms with Gasteiger partial charge in [0, 0.05) is 23.9 Å². The average molecular weight is 252 g/mol. The smallest absolute Gasteiger partial charge is 0.146 e. The Hall–Kier alpha value is -2.13. The van der Waals surface area contributed by atoms with Crippen molar-refractivity contribution in [3.8, 4) is 0 Å². The molecule has 3 rings (SSSR count). The molecule has 3 heteroatoms. The molecule has 1 N–H and O–H groups in total. The number of anilines is 1. The van der Waals surface area contributed by atoms with Gasteiger partial charge < -0.3 is 10.0 Å². The first kappa shape index (κ1) is 11.9. The first-order chi connectivity index (χ1) is 9.27. The molecule has 96 valence electrons. The van der Waals surface area contributed by atoms with E-state index in [0.29, 0.717) is 6.54 Å². The van der Waals surface area contributed by atoms with Gasteiger partial charge in [-0.25, -0.2) is 0 Å². The van der Waals surface area contributed by atoms with Crippen molar-refractivity contribution in [3.63, 3.8) is 0 Å². The molecule has 0 aromatic heterocycles. The molecule has 0 aliphatic carbocycles. The maximum absolute atomic E-state index is 10.1. The SMILES string of the molecule is CN1c2ccccc2C(c2ccccc2)=NCC1O. The van der Waals surface area contributed by atoms with Crippen LogP contribution in [0.2, 0.25) is 0 Å². The fraction of sp³-hybridized carbons (Fsp3) is 0.188. The quantitative estimate of drug-likeness (QED) is 0.845. The first-order valence-corrected chi connectivity index (χ1v) is 6.37. The number of hydrogen-bond donors (Lipinski definition) is 1. The normalized spacial score (nSPS) is 18.5. The molecular weight excluding hydrogens is 236 g/mol. The topological polar surface area (TPSA) is 35.8 Å². The standard InChI is InChI=1S/C16H16N2O/c1-18-14-10-6-5-9-13(14)16(17-11-15(18)19)12-7-3-2-4-8-12/h2-10,15,19H,11H2,1H3. The fourth-order valence-electron chi connectivity index (χ4n) is 2.37. The largest absolute Gasteiger partial charge is 0.372 e. The van der Waals surface area contributed by atoms with Crippen LogP contribution in [0.25, 0.3) is 0 Å². The van der Waals surface area contributed by atoms with Crippen LogP contribution >= 0.6 is 0 Å². The van der Waals surface area contributed by atoms with E-state index in [0.717, 1.165) is 22.5 Å². The number of benzodiazepines with no additional fused rings is 1. The maximum atomic E-state index is 10.1. The third kappa shape index (κ3) is 2.13. The van der Waals surface area contributed by atoms with Gasteiger partial charge in [-0.05, 0) is 6.07 Å². The molecule has 19 heavy (non-hydrogen) atoms. The Morgan fingerprint density at radius 3 is 2.53 bits per heavy atom. The molecule has 0 spiro atoms. The van der Waals surface area contributed by atoms with Gasteiger partial charge >= 0.3 is 0 Å². The Kier molecular flexibility index (Phi) is 3.05. The highest BCUT2D eigenvalue weighted by molar-refractivity contribution is 6.16. The lowest BCUT2D eigenvalue weighted by molar-refractivity contribution is 0.184. The second kappa shape index (κ2) is 4.86. The van der Waals surface area contributed by atoms with E-state index < -0.39 is 6.23 Å². The summed E-state index contributed by atoms with van der Waals surface area (Å²) in [5.41, 5.74) is 4.10. The summed E-state index contributed by atoms with van der Waals surface area (Å²) in [5.74, 6) is 0. The van der Waals surface area contributed by atoms with Gasteiger partial charge in [0.25, 0.3) is 0 Å². The second-order valence-corrected chi connectivity index (χ2v) is 4.66. The molecule has 1 heterocycles. The number of aliphatic hydroxyl groups excluding tert-OH is 1. The van der Waals surface area contributed by atoms with Crippen molar-refractivity contribution >= 4 is 11.4 Å².